The van der Waals surface area contributed by atoms with Crippen molar-refractivity contribution in [1.29, 1.82) is 0 Å². The number of nitrogens with one attached hydrogen (secondary N) is 2. The Bertz CT molecular complexity index is 530. The van der Waals surface area contributed by atoms with Gasteiger partial charge in [-0.1, -0.05) is 0 Å². The predicted molar refractivity (Wildman–Crippen MR) is 73.3 cm³/mol. The summed E-state index contributed by atoms with van der Waals surface area (Å²) in [6, 6.07) is 1.19. The number of carbonyl (C=O) groups is 1. The summed E-state index contributed by atoms with van der Waals surface area (Å²) in [5.74, 6) is -0.177. The minimum atomic E-state index is -0.596. The van der Waals surface area contributed by atoms with Crippen LogP contribution in [0.3, 0.4) is 0 Å². The summed E-state index contributed by atoms with van der Waals surface area (Å²) in [7, 11) is 1.59. The van der Waals surface area contributed by atoms with E-state index in [4.69, 9.17) is 9.47 Å². The van der Waals surface area contributed by atoms with Crippen LogP contribution in [-0.4, -0.2) is 55.3 Å². The molecule has 9 heteroatoms. The second-order valence-corrected chi connectivity index (χ2v) is 4.37. The third-order valence-electron chi connectivity index (χ3n) is 2.94. The number of rotatable bonds is 5. The topological polar surface area (TPSA) is 116 Å². The monoisotopic (exact) mass is 296 g/mol. The molecule has 1 aliphatic heterocycles. The van der Waals surface area contributed by atoms with Gasteiger partial charge in [-0.25, -0.2) is 4.98 Å². The number of carbonyl (C=O) groups excluding carboxylic acids is 1. The summed E-state index contributed by atoms with van der Waals surface area (Å²) in [4.78, 5) is 26.2. The van der Waals surface area contributed by atoms with Crippen molar-refractivity contribution < 1.29 is 19.2 Å². The first-order valence-corrected chi connectivity index (χ1v) is 6.41. The molecular weight excluding hydrogens is 280 g/mol. The number of aromatic nitrogens is 1. The molecule has 0 bridgehead atoms. The van der Waals surface area contributed by atoms with Crippen molar-refractivity contribution in [2.45, 2.75) is 6.10 Å². The Morgan fingerprint density at radius 3 is 3.00 bits per heavy atom. The van der Waals surface area contributed by atoms with Crippen LogP contribution < -0.4 is 10.6 Å². The van der Waals surface area contributed by atoms with Gasteiger partial charge in [0.2, 0.25) is 0 Å². The maximum atomic E-state index is 12.1. The molecule has 0 radical (unpaired) electrons. The standard InChI is InChI=1S/C12H16N4O5/c1-13-11-10(4-8(5-14-11)16(18)19)12(17)15-6-9-7-20-2-3-21-9/h4-5,9H,2-3,6-7H2,1H3,(H,13,14)(H,15,17). The number of anilines is 1. The lowest BCUT2D eigenvalue weighted by molar-refractivity contribution is -0.385. The Kier molecular flexibility index (Phi) is 5.01. The van der Waals surface area contributed by atoms with Crippen LogP contribution in [0.1, 0.15) is 10.4 Å². The summed E-state index contributed by atoms with van der Waals surface area (Å²) in [6.45, 7) is 1.71. The third kappa shape index (κ3) is 3.86. The van der Waals surface area contributed by atoms with Crippen LogP contribution in [-0.2, 0) is 9.47 Å². The van der Waals surface area contributed by atoms with Gasteiger partial charge in [-0.15, -0.1) is 0 Å². The van der Waals surface area contributed by atoms with Gasteiger partial charge in [0.25, 0.3) is 11.6 Å². The first-order valence-electron chi connectivity index (χ1n) is 6.41. The van der Waals surface area contributed by atoms with E-state index in [0.29, 0.717) is 19.8 Å². The summed E-state index contributed by atoms with van der Waals surface area (Å²) in [5.41, 5.74) is -0.125. The van der Waals surface area contributed by atoms with Crippen molar-refractivity contribution in [2.24, 2.45) is 0 Å². The normalized spacial score (nSPS) is 18.0. The molecule has 1 atom stereocenters. The lowest BCUT2D eigenvalue weighted by Crippen LogP contribution is -2.39. The summed E-state index contributed by atoms with van der Waals surface area (Å²) in [6.07, 6.45) is 0.883. The average molecular weight is 296 g/mol. The van der Waals surface area contributed by atoms with Crippen LogP contribution in [0, 0.1) is 10.1 Å². The smallest absolute Gasteiger partial charge is 0.288 e. The molecule has 0 spiro atoms. The van der Waals surface area contributed by atoms with E-state index in [2.05, 4.69) is 15.6 Å². The number of nitro groups is 1. The highest BCUT2D eigenvalue weighted by molar-refractivity contribution is 5.99. The molecule has 2 rings (SSSR count). The number of hydrogen-bond acceptors (Lipinski definition) is 7. The predicted octanol–water partition coefficient (Wildman–Crippen LogP) is 0.177. The molecule has 1 unspecified atom stereocenters. The summed E-state index contributed by atoms with van der Waals surface area (Å²) >= 11 is 0. The SMILES string of the molecule is CNc1ncc([N+](=O)[O-])cc1C(=O)NCC1COCCO1. The van der Waals surface area contributed by atoms with E-state index in [-0.39, 0.29) is 29.7 Å². The first-order chi connectivity index (χ1) is 10.1. The highest BCUT2D eigenvalue weighted by atomic mass is 16.6. The van der Waals surface area contributed by atoms with Crippen molar-refractivity contribution in [1.82, 2.24) is 10.3 Å². The Morgan fingerprint density at radius 2 is 2.38 bits per heavy atom. The molecule has 21 heavy (non-hydrogen) atoms. The Labute approximate surface area is 120 Å². The van der Waals surface area contributed by atoms with Crippen LogP contribution in [0.5, 0.6) is 0 Å². The fourth-order valence-electron chi connectivity index (χ4n) is 1.88. The van der Waals surface area contributed by atoms with E-state index in [0.717, 1.165) is 6.20 Å². The highest BCUT2D eigenvalue weighted by Crippen LogP contribution is 2.18. The van der Waals surface area contributed by atoms with Crippen LogP contribution >= 0.6 is 0 Å². The fourth-order valence-corrected chi connectivity index (χ4v) is 1.88. The summed E-state index contributed by atoms with van der Waals surface area (Å²) < 4.78 is 10.6. The Balaban J connectivity index is 2.06. The number of pyridine rings is 1. The molecule has 1 amide bonds. The maximum absolute atomic E-state index is 12.1. The molecule has 1 aliphatic rings. The van der Waals surface area contributed by atoms with Crippen LogP contribution in [0.25, 0.3) is 0 Å². The molecule has 1 aromatic rings. The lowest BCUT2D eigenvalue weighted by atomic mass is 10.2. The molecule has 9 nitrogen and oxygen atoms in total. The van der Waals surface area contributed by atoms with Crippen molar-refractivity contribution in [2.75, 3.05) is 38.7 Å². The zero-order valence-electron chi connectivity index (χ0n) is 11.5. The van der Waals surface area contributed by atoms with Gasteiger partial charge in [0.05, 0.1) is 36.4 Å². The number of ether oxygens (including phenoxy) is 2. The highest BCUT2D eigenvalue weighted by Gasteiger charge is 2.20. The van der Waals surface area contributed by atoms with Gasteiger partial charge in [0.15, 0.2) is 0 Å². The fraction of sp³-hybridized carbons (Fsp3) is 0.500. The molecule has 0 aliphatic carbocycles. The molecule has 1 saturated heterocycles. The molecule has 1 fully saturated rings. The molecule has 0 saturated carbocycles. The van der Waals surface area contributed by atoms with Gasteiger partial charge in [-0.3, -0.25) is 14.9 Å². The molecule has 2 heterocycles. The van der Waals surface area contributed by atoms with Gasteiger partial charge in [-0.05, 0) is 0 Å². The van der Waals surface area contributed by atoms with Crippen LogP contribution in [0.4, 0.5) is 11.5 Å². The second kappa shape index (κ2) is 6.95. The molecular formula is C12H16N4O5. The van der Waals surface area contributed by atoms with Gasteiger partial charge in [0.1, 0.15) is 12.0 Å². The van der Waals surface area contributed by atoms with E-state index in [1.54, 1.807) is 7.05 Å². The van der Waals surface area contributed by atoms with Gasteiger partial charge < -0.3 is 20.1 Å². The van der Waals surface area contributed by atoms with E-state index < -0.39 is 10.8 Å². The van der Waals surface area contributed by atoms with Gasteiger partial charge >= 0.3 is 0 Å². The number of nitrogens with zero attached hydrogens (tertiary/aromatic N) is 2. The molecule has 1 aromatic heterocycles. The zero-order valence-corrected chi connectivity index (χ0v) is 11.5. The lowest BCUT2D eigenvalue weighted by Gasteiger charge is -2.23. The molecule has 114 valence electrons. The number of hydrogen-bond donors (Lipinski definition) is 2. The van der Waals surface area contributed by atoms with E-state index in [9.17, 15) is 14.9 Å². The zero-order chi connectivity index (χ0) is 15.2. The Morgan fingerprint density at radius 1 is 1.57 bits per heavy atom. The number of amides is 1. The van der Waals surface area contributed by atoms with Gasteiger partial charge in [0, 0.05) is 19.7 Å². The minimum absolute atomic E-state index is 0.114. The van der Waals surface area contributed by atoms with E-state index >= 15 is 0 Å². The van der Waals surface area contributed by atoms with Crippen LogP contribution in [0.2, 0.25) is 0 Å². The Hall–Kier alpha value is -2.26. The summed E-state index contributed by atoms with van der Waals surface area (Å²) in [5, 5.41) is 16.2. The largest absolute Gasteiger partial charge is 0.376 e. The van der Waals surface area contributed by atoms with Gasteiger partial charge in [-0.2, -0.15) is 0 Å². The quantitative estimate of drug-likeness (QED) is 0.588. The second-order valence-electron chi connectivity index (χ2n) is 4.37. The minimum Gasteiger partial charge on any atom is -0.376 e. The van der Waals surface area contributed by atoms with Crippen molar-refractivity contribution in [3.63, 3.8) is 0 Å². The van der Waals surface area contributed by atoms with Crippen LogP contribution in [0.15, 0.2) is 12.3 Å². The average Bonchev–Trinajstić information content (AvgIpc) is 2.52. The van der Waals surface area contributed by atoms with Crippen molar-refractivity contribution in [3.05, 3.63) is 27.9 Å². The van der Waals surface area contributed by atoms with Crippen molar-refractivity contribution >= 4 is 17.4 Å². The molecule has 2 N–H and O–H groups in total. The van der Waals surface area contributed by atoms with E-state index in [1.165, 1.54) is 6.07 Å². The third-order valence-corrected chi connectivity index (χ3v) is 2.94. The van der Waals surface area contributed by atoms with E-state index in [1.807, 2.05) is 0 Å². The molecule has 0 aromatic carbocycles. The first kappa shape index (κ1) is 15.1. The van der Waals surface area contributed by atoms with Crippen molar-refractivity contribution in [3.8, 4) is 0 Å². The maximum Gasteiger partial charge on any atom is 0.288 e.